The summed E-state index contributed by atoms with van der Waals surface area (Å²) in [7, 11) is 3.70. The van der Waals surface area contributed by atoms with Crippen molar-refractivity contribution in [1.82, 2.24) is 9.97 Å². The van der Waals surface area contributed by atoms with Crippen molar-refractivity contribution < 1.29 is 4.74 Å². The topological polar surface area (TPSA) is 50.3 Å². The van der Waals surface area contributed by atoms with Crippen LogP contribution >= 0.6 is 0 Å². The molecule has 1 heterocycles. The minimum absolute atomic E-state index is 0.378. The molecule has 5 heteroatoms. The van der Waals surface area contributed by atoms with Gasteiger partial charge in [0, 0.05) is 19.6 Å². The molecular weight excluding hydrogens is 240 g/mol. The summed E-state index contributed by atoms with van der Waals surface area (Å²) in [5.74, 6) is 2.84. The zero-order chi connectivity index (χ0) is 14.4. The summed E-state index contributed by atoms with van der Waals surface area (Å²) < 4.78 is 5.50. The highest BCUT2D eigenvalue weighted by molar-refractivity contribution is 5.64. The molecule has 19 heavy (non-hydrogen) atoms. The van der Waals surface area contributed by atoms with E-state index >= 15 is 0 Å². The number of anilines is 2. The number of nitrogens with one attached hydrogen (secondary N) is 1. The number of aromatic nitrogens is 2. The van der Waals surface area contributed by atoms with Crippen LogP contribution in [0.25, 0.3) is 0 Å². The third-order valence-corrected chi connectivity index (χ3v) is 3.44. The number of hydrogen-bond acceptors (Lipinski definition) is 5. The molecule has 0 bridgehead atoms. The second-order valence-electron chi connectivity index (χ2n) is 5.10. The third kappa shape index (κ3) is 3.72. The lowest BCUT2D eigenvalue weighted by atomic mass is 10.1. The van der Waals surface area contributed by atoms with E-state index in [0.29, 0.717) is 17.7 Å². The first-order valence-corrected chi connectivity index (χ1v) is 6.88. The van der Waals surface area contributed by atoms with E-state index in [-0.39, 0.29) is 0 Å². The highest BCUT2D eigenvalue weighted by Crippen LogP contribution is 2.32. The van der Waals surface area contributed by atoms with Crippen LogP contribution in [0, 0.1) is 5.92 Å². The summed E-state index contributed by atoms with van der Waals surface area (Å²) in [6, 6.07) is 0.378. The van der Waals surface area contributed by atoms with Gasteiger partial charge in [-0.25, -0.2) is 9.97 Å². The zero-order valence-electron chi connectivity index (χ0n) is 12.9. The average Bonchev–Trinajstić information content (AvgIpc) is 2.42. The SMILES string of the molecule is CCCNc1ncnc(N(C)C(C)C(C)C)c1OC. The summed E-state index contributed by atoms with van der Waals surface area (Å²) in [5, 5.41) is 3.27. The van der Waals surface area contributed by atoms with E-state index in [0.717, 1.165) is 24.6 Å². The Kier molecular flexibility index (Phi) is 5.86. The minimum atomic E-state index is 0.378. The molecule has 0 saturated heterocycles. The van der Waals surface area contributed by atoms with E-state index in [9.17, 15) is 0 Å². The van der Waals surface area contributed by atoms with E-state index in [2.05, 4.69) is 47.9 Å². The molecule has 0 aliphatic carbocycles. The summed E-state index contributed by atoms with van der Waals surface area (Å²) in [5.41, 5.74) is 0. The van der Waals surface area contributed by atoms with Gasteiger partial charge >= 0.3 is 0 Å². The highest BCUT2D eigenvalue weighted by atomic mass is 16.5. The lowest BCUT2D eigenvalue weighted by molar-refractivity contribution is 0.408. The van der Waals surface area contributed by atoms with Crippen molar-refractivity contribution >= 4 is 11.6 Å². The third-order valence-electron chi connectivity index (χ3n) is 3.44. The van der Waals surface area contributed by atoms with Gasteiger partial charge in [0.1, 0.15) is 6.33 Å². The molecule has 1 N–H and O–H groups in total. The molecule has 0 aliphatic rings. The van der Waals surface area contributed by atoms with Gasteiger partial charge in [0.05, 0.1) is 7.11 Å². The Balaban J connectivity index is 3.06. The highest BCUT2D eigenvalue weighted by Gasteiger charge is 2.21. The van der Waals surface area contributed by atoms with Crippen LogP contribution in [0.5, 0.6) is 5.75 Å². The Bertz CT molecular complexity index is 395. The average molecular weight is 266 g/mol. The molecule has 1 rings (SSSR count). The molecule has 1 unspecified atom stereocenters. The van der Waals surface area contributed by atoms with Crippen LogP contribution in [0.3, 0.4) is 0 Å². The van der Waals surface area contributed by atoms with Crippen LogP contribution in [-0.4, -0.2) is 36.7 Å². The molecule has 1 atom stereocenters. The Hall–Kier alpha value is -1.52. The number of ether oxygens (including phenoxy) is 1. The minimum Gasteiger partial charge on any atom is -0.490 e. The van der Waals surface area contributed by atoms with E-state index in [4.69, 9.17) is 4.74 Å². The van der Waals surface area contributed by atoms with Crippen molar-refractivity contribution in [2.24, 2.45) is 5.92 Å². The van der Waals surface area contributed by atoms with Gasteiger partial charge in [0.15, 0.2) is 11.6 Å². The standard InChI is InChI=1S/C14H26N4O/c1-7-8-15-13-12(19-6)14(17-9-16-13)18(5)11(4)10(2)3/h9-11H,7-8H2,1-6H3,(H,15,16,17). The van der Waals surface area contributed by atoms with Gasteiger partial charge in [-0.2, -0.15) is 0 Å². The number of methoxy groups -OCH3 is 1. The van der Waals surface area contributed by atoms with Crippen molar-refractivity contribution in [2.75, 3.05) is 30.9 Å². The Morgan fingerprint density at radius 3 is 2.53 bits per heavy atom. The summed E-state index contributed by atoms with van der Waals surface area (Å²) >= 11 is 0. The first-order chi connectivity index (χ1) is 9.02. The molecule has 0 aromatic carbocycles. The van der Waals surface area contributed by atoms with E-state index in [1.165, 1.54) is 0 Å². The lowest BCUT2D eigenvalue weighted by Gasteiger charge is -2.30. The first kappa shape index (κ1) is 15.5. The van der Waals surface area contributed by atoms with Crippen LogP contribution in [0.4, 0.5) is 11.6 Å². The van der Waals surface area contributed by atoms with E-state index < -0.39 is 0 Å². The molecule has 108 valence electrons. The van der Waals surface area contributed by atoms with Gasteiger partial charge in [0.25, 0.3) is 0 Å². The largest absolute Gasteiger partial charge is 0.490 e. The quantitative estimate of drug-likeness (QED) is 0.822. The predicted octanol–water partition coefficient (Wildman–Crippen LogP) is 2.79. The normalized spacial score (nSPS) is 12.4. The van der Waals surface area contributed by atoms with Gasteiger partial charge in [-0.1, -0.05) is 20.8 Å². The fraction of sp³-hybridized carbons (Fsp3) is 0.714. The number of hydrogen-bond donors (Lipinski definition) is 1. The zero-order valence-corrected chi connectivity index (χ0v) is 12.9. The van der Waals surface area contributed by atoms with E-state index in [1.807, 2.05) is 7.05 Å². The van der Waals surface area contributed by atoms with Gasteiger partial charge in [-0.3, -0.25) is 0 Å². The predicted molar refractivity (Wildman–Crippen MR) is 80.1 cm³/mol. The lowest BCUT2D eigenvalue weighted by Crippen LogP contribution is -2.34. The van der Waals surface area contributed by atoms with Crippen LogP contribution in [0.2, 0.25) is 0 Å². The molecule has 0 spiro atoms. The molecule has 1 aromatic heterocycles. The smallest absolute Gasteiger partial charge is 0.204 e. The molecule has 0 fully saturated rings. The molecule has 0 aliphatic heterocycles. The van der Waals surface area contributed by atoms with Gasteiger partial charge in [0.2, 0.25) is 5.75 Å². The Morgan fingerprint density at radius 2 is 2.00 bits per heavy atom. The molecule has 0 amide bonds. The number of nitrogens with zero attached hydrogens (tertiary/aromatic N) is 3. The first-order valence-electron chi connectivity index (χ1n) is 6.88. The maximum absolute atomic E-state index is 5.50. The molecule has 0 saturated carbocycles. The molecular formula is C14H26N4O. The van der Waals surface area contributed by atoms with Crippen LogP contribution in [-0.2, 0) is 0 Å². The molecule has 1 aromatic rings. The van der Waals surface area contributed by atoms with Gasteiger partial charge in [-0.15, -0.1) is 0 Å². The van der Waals surface area contributed by atoms with Crippen LogP contribution in [0.1, 0.15) is 34.1 Å². The van der Waals surface area contributed by atoms with Crippen molar-refractivity contribution in [1.29, 1.82) is 0 Å². The van der Waals surface area contributed by atoms with Gasteiger partial charge in [-0.05, 0) is 19.3 Å². The van der Waals surface area contributed by atoms with Crippen molar-refractivity contribution in [3.8, 4) is 5.75 Å². The fourth-order valence-corrected chi connectivity index (χ4v) is 1.81. The summed E-state index contributed by atoms with van der Waals surface area (Å²) in [6.45, 7) is 9.58. The summed E-state index contributed by atoms with van der Waals surface area (Å²) in [6.07, 6.45) is 2.63. The molecule has 5 nitrogen and oxygen atoms in total. The summed E-state index contributed by atoms with van der Waals surface area (Å²) in [4.78, 5) is 10.8. The number of rotatable bonds is 7. The van der Waals surface area contributed by atoms with Crippen LogP contribution < -0.4 is 15.0 Å². The second kappa shape index (κ2) is 7.16. The second-order valence-corrected chi connectivity index (χ2v) is 5.10. The monoisotopic (exact) mass is 266 g/mol. The fourth-order valence-electron chi connectivity index (χ4n) is 1.81. The van der Waals surface area contributed by atoms with Crippen LogP contribution in [0.15, 0.2) is 6.33 Å². The van der Waals surface area contributed by atoms with Crippen molar-refractivity contribution in [3.05, 3.63) is 6.33 Å². The van der Waals surface area contributed by atoms with Crippen molar-refractivity contribution in [2.45, 2.75) is 40.2 Å². The van der Waals surface area contributed by atoms with Gasteiger partial charge < -0.3 is 15.0 Å². The maximum Gasteiger partial charge on any atom is 0.204 e. The van der Waals surface area contributed by atoms with Crippen molar-refractivity contribution in [3.63, 3.8) is 0 Å². The maximum atomic E-state index is 5.50. The Labute approximate surface area is 116 Å². The Morgan fingerprint density at radius 1 is 1.32 bits per heavy atom. The van der Waals surface area contributed by atoms with E-state index in [1.54, 1.807) is 13.4 Å². The molecule has 0 radical (unpaired) electrons.